The van der Waals surface area contributed by atoms with Crippen LogP contribution in [0.4, 0.5) is 8.78 Å². The van der Waals surface area contributed by atoms with Crippen LogP contribution in [0, 0.1) is 0 Å². The van der Waals surface area contributed by atoms with Crippen molar-refractivity contribution in [1.82, 2.24) is 4.90 Å². The second-order valence-corrected chi connectivity index (χ2v) is 2.89. The van der Waals surface area contributed by atoms with Gasteiger partial charge in [-0.05, 0) is 20.0 Å². The number of hydrogen-bond donors (Lipinski definition) is 0. The molecule has 0 saturated heterocycles. The number of rotatable bonds is 6. The third-order valence-corrected chi connectivity index (χ3v) is 1.89. The minimum Gasteiger partial charge on any atom is -0.462 e. The highest BCUT2D eigenvalue weighted by Crippen LogP contribution is 2.17. The van der Waals surface area contributed by atoms with Gasteiger partial charge in [-0.25, -0.2) is 4.79 Å². The Morgan fingerprint density at radius 3 is 2.14 bits per heavy atom. The average Bonchev–Trinajstić information content (AvgIpc) is 2.14. The average molecular weight is 209 g/mol. The Bertz CT molecular complexity index is 182. The lowest BCUT2D eigenvalue weighted by Gasteiger charge is -2.23. The van der Waals surface area contributed by atoms with Crippen molar-refractivity contribution in [2.24, 2.45) is 0 Å². The molecular weight excluding hydrogens is 192 g/mol. The highest BCUT2D eigenvalue weighted by atomic mass is 19.3. The minimum absolute atomic E-state index is 0.0212. The third kappa shape index (κ3) is 4.00. The summed E-state index contributed by atoms with van der Waals surface area (Å²) in [5.74, 6) is -4.84. The molecule has 0 aromatic heterocycles. The smallest absolute Gasteiger partial charge is 0.378 e. The van der Waals surface area contributed by atoms with Crippen molar-refractivity contribution in [3.8, 4) is 0 Å². The van der Waals surface area contributed by atoms with Gasteiger partial charge in [0.05, 0.1) is 13.2 Å². The van der Waals surface area contributed by atoms with E-state index in [1.54, 1.807) is 13.8 Å². The van der Waals surface area contributed by atoms with Crippen molar-refractivity contribution < 1.29 is 18.3 Å². The van der Waals surface area contributed by atoms with Gasteiger partial charge in [-0.2, -0.15) is 8.78 Å². The maximum absolute atomic E-state index is 13.1. The first-order valence-corrected chi connectivity index (χ1v) is 4.75. The summed E-state index contributed by atoms with van der Waals surface area (Å²) in [6.45, 7) is 5.43. The van der Waals surface area contributed by atoms with Crippen LogP contribution in [0.15, 0.2) is 0 Å². The number of halogens is 2. The third-order valence-electron chi connectivity index (χ3n) is 1.89. The molecule has 5 heteroatoms. The molecule has 0 aliphatic carbocycles. The van der Waals surface area contributed by atoms with E-state index in [0.29, 0.717) is 13.1 Å². The number of esters is 1. The van der Waals surface area contributed by atoms with Crippen molar-refractivity contribution in [3.05, 3.63) is 0 Å². The lowest BCUT2D eigenvalue weighted by atomic mass is 10.3. The minimum atomic E-state index is -3.40. The number of alkyl halides is 2. The summed E-state index contributed by atoms with van der Waals surface area (Å²) in [5, 5.41) is 0. The second kappa shape index (κ2) is 5.90. The van der Waals surface area contributed by atoms with Gasteiger partial charge in [-0.1, -0.05) is 13.8 Å². The fourth-order valence-electron chi connectivity index (χ4n) is 1.03. The Morgan fingerprint density at radius 2 is 1.79 bits per heavy atom. The summed E-state index contributed by atoms with van der Waals surface area (Å²) in [5.41, 5.74) is 0. The van der Waals surface area contributed by atoms with Gasteiger partial charge in [0.1, 0.15) is 0 Å². The summed E-state index contributed by atoms with van der Waals surface area (Å²) in [7, 11) is 0. The van der Waals surface area contributed by atoms with Gasteiger partial charge in [0, 0.05) is 0 Å². The van der Waals surface area contributed by atoms with Crippen LogP contribution in [0.5, 0.6) is 0 Å². The molecule has 0 saturated carbocycles. The molecule has 0 amide bonds. The standard InChI is InChI=1S/C9H17F2NO2/c1-4-12(5-2)7-9(10,11)8(13)14-6-3/h4-7H2,1-3H3. The van der Waals surface area contributed by atoms with E-state index in [0.717, 1.165) is 0 Å². The van der Waals surface area contributed by atoms with Crippen LogP contribution in [0.3, 0.4) is 0 Å². The maximum Gasteiger partial charge on any atom is 0.378 e. The molecule has 0 spiro atoms. The molecule has 0 unspecified atom stereocenters. The molecule has 0 N–H and O–H groups in total. The largest absolute Gasteiger partial charge is 0.462 e. The monoisotopic (exact) mass is 209 g/mol. The molecule has 0 radical (unpaired) electrons. The Labute approximate surface area is 83.0 Å². The van der Waals surface area contributed by atoms with Gasteiger partial charge < -0.3 is 4.74 Å². The van der Waals surface area contributed by atoms with Gasteiger partial charge in [0.2, 0.25) is 0 Å². The van der Waals surface area contributed by atoms with Crippen LogP contribution >= 0.6 is 0 Å². The number of nitrogens with zero attached hydrogens (tertiary/aromatic N) is 1. The molecule has 0 fully saturated rings. The Balaban J connectivity index is 4.23. The van der Waals surface area contributed by atoms with E-state index < -0.39 is 18.4 Å². The predicted molar refractivity (Wildman–Crippen MR) is 49.4 cm³/mol. The van der Waals surface area contributed by atoms with Gasteiger partial charge >= 0.3 is 11.9 Å². The molecule has 0 aromatic carbocycles. The molecule has 0 atom stereocenters. The number of carbonyl (C=O) groups excluding carboxylic acids is 1. The van der Waals surface area contributed by atoms with Crippen LogP contribution < -0.4 is 0 Å². The normalized spacial score (nSPS) is 11.9. The Kier molecular flexibility index (Phi) is 5.60. The number of hydrogen-bond acceptors (Lipinski definition) is 3. The maximum atomic E-state index is 13.1. The first-order chi connectivity index (χ1) is 6.47. The molecular formula is C9H17F2NO2. The van der Waals surface area contributed by atoms with Crippen LogP contribution in [0.2, 0.25) is 0 Å². The zero-order chi connectivity index (χ0) is 11.2. The van der Waals surface area contributed by atoms with E-state index in [1.165, 1.54) is 11.8 Å². The first-order valence-electron chi connectivity index (χ1n) is 4.75. The molecule has 3 nitrogen and oxygen atoms in total. The molecule has 0 aliphatic rings. The predicted octanol–water partition coefficient (Wildman–Crippen LogP) is 1.53. The highest BCUT2D eigenvalue weighted by molar-refractivity contribution is 5.77. The summed E-state index contributed by atoms with van der Waals surface area (Å²) in [6, 6.07) is 0. The van der Waals surface area contributed by atoms with E-state index >= 15 is 0 Å². The summed E-state index contributed by atoms with van der Waals surface area (Å²) >= 11 is 0. The number of ether oxygens (including phenoxy) is 1. The van der Waals surface area contributed by atoms with Crippen LogP contribution in [0.1, 0.15) is 20.8 Å². The van der Waals surface area contributed by atoms with E-state index in [4.69, 9.17) is 0 Å². The molecule has 0 aliphatic heterocycles. The molecule has 0 heterocycles. The summed E-state index contributed by atoms with van der Waals surface area (Å²) in [4.78, 5) is 12.3. The molecule has 84 valence electrons. The lowest BCUT2D eigenvalue weighted by Crippen LogP contribution is -2.43. The fourth-order valence-corrected chi connectivity index (χ4v) is 1.03. The van der Waals surface area contributed by atoms with Gasteiger partial charge in [-0.15, -0.1) is 0 Å². The van der Waals surface area contributed by atoms with Gasteiger partial charge in [-0.3, -0.25) is 4.90 Å². The van der Waals surface area contributed by atoms with Crippen molar-refractivity contribution in [3.63, 3.8) is 0 Å². The fraction of sp³-hybridized carbons (Fsp3) is 0.889. The number of carbonyl (C=O) groups is 1. The molecule has 0 aromatic rings. The van der Waals surface area contributed by atoms with Crippen molar-refractivity contribution >= 4 is 5.97 Å². The van der Waals surface area contributed by atoms with E-state index in [2.05, 4.69) is 4.74 Å². The first kappa shape index (κ1) is 13.3. The topological polar surface area (TPSA) is 29.5 Å². The Morgan fingerprint density at radius 1 is 1.29 bits per heavy atom. The van der Waals surface area contributed by atoms with E-state index in [1.807, 2.05) is 0 Å². The molecule has 14 heavy (non-hydrogen) atoms. The summed E-state index contributed by atoms with van der Waals surface area (Å²) < 4.78 is 30.5. The van der Waals surface area contributed by atoms with Crippen molar-refractivity contribution in [1.29, 1.82) is 0 Å². The molecule has 0 bridgehead atoms. The second-order valence-electron chi connectivity index (χ2n) is 2.89. The van der Waals surface area contributed by atoms with Crippen LogP contribution in [-0.4, -0.2) is 43.0 Å². The van der Waals surface area contributed by atoms with Crippen molar-refractivity contribution in [2.75, 3.05) is 26.2 Å². The highest BCUT2D eigenvalue weighted by Gasteiger charge is 2.41. The summed E-state index contributed by atoms with van der Waals surface area (Å²) in [6.07, 6.45) is 0. The Hall–Kier alpha value is -0.710. The van der Waals surface area contributed by atoms with Crippen molar-refractivity contribution in [2.45, 2.75) is 26.7 Å². The lowest BCUT2D eigenvalue weighted by molar-refractivity contribution is -0.173. The van der Waals surface area contributed by atoms with Gasteiger partial charge in [0.15, 0.2) is 0 Å². The molecule has 0 rings (SSSR count). The van der Waals surface area contributed by atoms with Crippen LogP contribution in [0.25, 0.3) is 0 Å². The SMILES string of the molecule is CCOC(=O)C(F)(F)CN(CC)CC. The van der Waals surface area contributed by atoms with Gasteiger partial charge in [0.25, 0.3) is 0 Å². The quantitative estimate of drug-likeness (QED) is 0.621. The zero-order valence-corrected chi connectivity index (χ0v) is 8.85. The van der Waals surface area contributed by atoms with E-state index in [-0.39, 0.29) is 6.61 Å². The van der Waals surface area contributed by atoms with Crippen LogP contribution in [-0.2, 0) is 9.53 Å². The van der Waals surface area contributed by atoms with E-state index in [9.17, 15) is 13.6 Å². The zero-order valence-electron chi connectivity index (χ0n) is 8.85.